The first-order valence-electron chi connectivity index (χ1n) is 6.06. The molecular formula is C13H20N2. The zero-order chi connectivity index (χ0) is 10.5. The minimum Gasteiger partial charge on any atom is -0.296 e. The molecule has 0 unspecified atom stereocenters. The van der Waals surface area contributed by atoms with Gasteiger partial charge in [-0.3, -0.25) is 9.88 Å². The first kappa shape index (κ1) is 10.6. The largest absolute Gasteiger partial charge is 0.296 e. The van der Waals surface area contributed by atoms with E-state index in [-0.39, 0.29) is 0 Å². The van der Waals surface area contributed by atoms with Crippen LogP contribution in [0.1, 0.15) is 44.2 Å². The summed E-state index contributed by atoms with van der Waals surface area (Å²) in [6, 6.07) is 4.88. The van der Waals surface area contributed by atoms with Crippen molar-refractivity contribution in [3.63, 3.8) is 0 Å². The molecule has 0 saturated carbocycles. The topological polar surface area (TPSA) is 16.1 Å². The Kier molecular flexibility index (Phi) is 3.73. The van der Waals surface area contributed by atoms with Crippen molar-refractivity contribution in [3.05, 3.63) is 30.1 Å². The Labute approximate surface area is 92.3 Å². The molecule has 2 nitrogen and oxygen atoms in total. The van der Waals surface area contributed by atoms with E-state index >= 15 is 0 Å². The van der Waals surface area contributed by atoms with Crippen LogP contribution in [-0.2, 0) is 0 Å². The molecule has 2 rings (SSSR count). The third-order valence-corrected chi connectivity index (χ3v) is 3.19. The summed E-state index contributed by atoms with van der Waals surface area (Å²) in [5.74, 6) is 0. The summed E-state index contributed by atoms with van der Waals surface area (Å²) in [6.45, 7) is 4.74. The second kappa shape index (κ2) is 5.26. The molecule has 0 amide bonds. The average Bonchev–Trinajstić information content (AvgIpc) is 2.31. The maximum Gasteiger partial charge on any atom is 0.0363 e. The van der Waals surface area contributed by atoms with E-state index in [4.69, 9.17) is 0 Å². The highest BCUT2D eigenvalue weighted by Crippen LogP contribution is 2.30. The summed E-state index contributed by atoms with van der Waals surface area (Å²) in [6.07, 6.45) is 9.15. The number of hydrogen-bond donors (Lipinski definition) is 0. The molecule has 1 atom stereocenters. The van der Waals surface area contributed by atoms with Crippen molar-refractivity contribution in [3.8, 4) is 0 Å². The molecule has 0 bridgehead atoms. The first-order chi connectivity index (χ1) is 7.42. The van der Waals surface area contributed by atoms with E-state index in [9.17, 15) is 0 Å². The van der Waals surface area contributed by atoms with Gasteiger partial charge in [0.2, 0.25) is 0 Å². The molecule has 82 valence electrons. The quantitative estimate of drug-likeness (QED) is 0.752. The van der Waals surface area contributed by atoms with Gasteiger partial charge in [0.05, 0.1) is 0 Å². The van der Waals surface area contributed by atoms with Crippen LogP contribution in [0.2, 0.25) is 0 Å². The Hall–Kier alpha value is -0.890. The molecule has 1 fully saturated rings. The molecule has 0 spiro atoms. The molecule has 1 aliphatic heterocycles. The molecular weight excluding hydrogens is 184 g/mol. The predicted molar refractivity (Wildman–Crippen MR) is 62.7 cm³/mol. The lowest BCUT2D eigenvalue weighted by Gasteiger charge is -2.35. The van der Waals surface area contributed by atoms with Gasteiger partial charge in [-0.2, -0.15) is 0 Å². The van der Waals surface area contributed by atoms with E-state index in [1.54, 1.807) is 0 Å². The van der Waals surface area contributed by atoms with Crippen molar-refractivity contribution < 1.29 is 0 Å². The highest BCUT2D eigenvalue weighted by Gasteiger charge is 2.22. The Morgan fingerprint density at radius 3 is 3.13 bits per heavy atom. The van der Waals surface area contributed by atoms with Gasteiger partial charge in [0.1, 0.15) is 0 Å². The van der Waals surface area contributed by atoms with Gasteiger partial charge in [-0.1, -0.05) is 19.4 Å². The minimum atomic E-state index is 0.618. The Balaban J connectivity index is 2.11. The van der Waals surface area contributed by atoms with E-state index in [0.717, 1.165) is 0 Å². The standard InChI is InChI=1S/C13H20N2/c1-2-9-15-10-4-3-7-13(15)12-6-5-8-14-11-12/h5-6,8,11,13H,2-4,7,9-10H2,1H3/t13-/m1/s1. The maximum atomic E-state index is 4.23. The van der Waals surface area contributed by atoms with Crippen molar-refractivity contribution in [1.29, 1.82) is 0 Å². The van der Waals surface area contributed by atoms with Crippen LogP contribution in [0.25, 0.3) is 0 Å². The van der Waals surface area contributed by atoms with Crippen LogP contribution in [0, 0.1) is 0 Å². The van der Waals surface area contributed by atoms with Gasteiger partial charge in [-0.25, -0.2) is 0 Å². The molecule has 0 aromatic carbocycles. The van der Waals surface area contributed by atoms with Crippen LogP contribution in [0.15, 0.2) is 24.5 Å². The molecule has 2 heterocycles. The molecule has 1 aromatic heterocycles. The van der Waals surface area contributed by atoms with E-state index < -0.39 is 0 Å². The molecule has 0 N–H and O–H groups in total. The summed E-state index contributed by atoms with van der Waals surface area (Å²) in [4.78, 5) is 6.84. The summed E-state index contributed by atoms with van der Waals surface area (Å²) in [5.41, 5.74) is 1.39. The fourth-order valence-corrected chi connectivity index (χ4v) is 2.50. The second-order valence-electron chi connectivity index (χ2n) is 4.33. The second-order valence-corrected chi connectivity index (χ2v) is 4.33. The molecule has 1 aliphatic rings. The van der Waals surface area contributed by atoms with Crippen LogP contribution >= 0.6 is 0 Å². The van der Waals surface area contributed by atoms with Crippen LogP contribution in [-0.4, -0.2) is 23.0 Å². The molecule has 0 radical (unpaired) electrons. The predicted octanol–water partition coefficient (Wildman–Crippen LogP) is 3.02. The molecule has 1 aromatic rings. The van der Waals surface area contributed by atoms with Crippen molar-refractivity contribution in [2.45, 2.75) is 38.6 Å². The highest BCUT2D eigenvalue weighted by molar-refractivity contribution is 5.14. The number of pyridine rings is 1. The third-order valence-electron chi connectivity index (χ3n) is 3.19. The smallest absolute Gasteiger partial charge is 0.0363 e. The van der Waals surface area contributed by atoms with Crippen molar-refractivity contribution >= 4 is 0 Å². The Bertz CT molecular complexity index is 282. The van der Waals surface area contributed by atoms with Gasteiger partial charge in [0.15, 0.2) is 0 Å². The maximum absolute atomic E-state index is 4.23. The SMILES string of the molecule is CCCN1CCCC[C@@H]1c1cccnc1. The Morgan fingerprint density at radius 2 is 2.40 bits per heavy atom. The number of hydrogen-bond acceptors (Lipinski definition) is 2. The van der Waals surface area contributed by atoms with Crippen LogP contribution in [0.4, 0.5) is 0 Å². The van der Waals surface area contributed by atoms with Gasteiger partial charge in [0.25, 0.3) is 0 Å². The minimum absolute atomic E-state index is 0.618. The summed E-state index contributed by atoms with van der Waals surface area (Å²) >= 11 is 0. The van der Waals surface area contributed by atoms with Gasteiger partial charge in [-0.05, 0) is 44.0 Å². The zero-order valence-corrected chi connectivity index (χ0v) is 9.52. The van der Waals surface area contributed by atoms with Crippen molar-refractivity contribution in [1.82, 2.24) is 9.88 Å². The molecule has 0 aliphatic carbocycles. The number of aromatic nitrogens is 1. The third kappa shape index (κ3) is 2.57. The lowest BCUT2D eigenvalue weighted by Crippen LogP contribution is -2.33. The van der Waals surface area contributed by atoms with E-state index in [0.29, 0.717) is 6.04 Å². The average molecular weight is 204 g/mol. The van der Waals surface area contributed by atoms with Crippen LogP contribution in [0.5, 0.6) is 0 Å². The molecule has 15 heavy (non-hydrogen) atoms. The van der Waals surface area contributed by atoms with E-state index in [2.05, 4.69) is 22.9 Å². The van der Waals surface area contributed by atoms with E-state index in [1.807, 2.05) is 18.5 Å². The van der Waals surface area contributed by atoms with Gasteiger partial charge >= 0.3 is 0 Å². The van der Waals surface area contributed by atoms with Gasteiger partial charge in [0, 0.05) is 18.4 Å². The zero-order valence-electron chi connectivity index (χ0n) is 9.52. The van der Waals surface area contributed by atoms with Gasteiger partial charge < -0.3 is 0 Å². The summed E-state index contributed by atoms with van der Waals surface area (Å²) in [7, 11) is 0. The fraction of sp³-hybridized carbons (Fsp3) is 0.615. The van der Waals surface area contributed by atoms with E-state index in [1.165, 1.54) is 44.3 Å². The van der Waals surface area contributed by atoms with Gasteiger partial charge in [-0.15, -0.1) is 0 Å². The normalized spacial score (nSPS) is 22.9. The lowest BCUT2D eigenvalue weighted by atomic mass is 9.96. The number of piperidine rings is 1. The fourth-order valence-electron chi connectivity index (χ4n) is 2.50. The van der Waals surface area contributed by atoms with Crippen LogP contribution in [0.3, 0.4) is 0 Å². The lowest BCUT2D eigenvalue weighted by molar-refractivity contribution is 0.149. The molecule has 2 heteroatoms. The van der Waals surface area contributed by atoms with Crippen molar-refractivity contribution in [2.75, 3.05) is 13.1 Å². The van der Waals surface area contributed by atoms with Crippen molar-refractivity contribution in [2.24, 2.45) is 0 Å². The summed E-state index contributed by atoms with van der Waals surface area (Å²) < 4.78 is 0. The first-order valence-corrected chi connectivity index (χ1v) is 6.06. The monoisotopic (exact) mass is 204 g/mol. The Morgan fingerprint density at radius 1 is 1.47 bits per heavy atom. The van der Waals surface area contributed by atoms with Crippen LogP contribution < -0.4 is 0 Å². The number of rotatable bonds is 3. The highest BCUT2D eigenvalue weighted by atomic mass is 15.2. The number of nitrogens with zero attached hydrogens (tertiary/aromatic N) is 2. The molecule has 1 saturated heterocycles. The number of likely N-dealkylation sites (tertiary alicyclic amines) is 1. The summed E-state index contributed by atoms with van der Waals surface area (Å²) in [5, 5.41) is 0.